The molecular formula is C39H49N9O3. The number of H-pyrrole nitrogens is 2. The van der Waals surface area contributed by atoms with Gasteiger partial charge in [0, 0.05) is 19.6 Å². The second kappa shape index (κ2) is 14.2. The third-order valence-corrected chi connectivity index (χ3v) is 9.86. The number of imidazole rings is 2. The van der Waals surface area contributed by atoms with Crippen LogP contribution in [0.3, 0.4) is 0 Å². The molecule has 4 aromatic rings. The van der Waals surface area contributed by atoms with E-state index in [1.165, 1.54) is 0 Å². The van der Waals surface area contributed by atoms with E-state index in [9.17, 15) is 9.59 Å². The minimum Gasteiger partial charge on any atom is -0.444 e. The van der Waals surface area contributed by atoms with Crippen LogP contribution in [-0.2, 0) is 9.53 Å². The maximum Gasteiger partial charge on any atom is 0.410 e. The quantitative estimate of drug-likeness (QED) is 0.167. The Labute approximate surface area is 299 Å². The van der Waals surface area contributed by atoms with Gasteiger partial charge in [-0.1, -0.05) is 62.4 Å². The van der Waals surface area contributed by atoms with Crippen molar-refractivity contribution in [2.45, 2.75) is 84.0 Å². The lowest BCUT2D eigenvalue weighted by molar-refractivity contribution is -0.135. The van der Waals surface area contributed by atoms with Crippen molar-refractivity contribution in [3.05, 3.63) is 72.6 Å². The zero-order chi connectivity index (χ0) is 35.7. The summed E-state index contributed by atoms with van der Waals surface area (Å²) in [6.07, 6.45) is 7.00. The molecule has 2 aromatic heterocycles. The smallest absolute Gasteiger partial charge is 0.410 e. The number of nitrogens with zero attached hydrogens (tertiary/aromatic N) is 5. The first-order chi connectivity index (χ1) is 24.5. The highest BCUT2D eigenvalue weighted by atomic mass is 16.6. The summed E-state index contributed by atoms with van der Waals surface area (Å²) in [5, 5.41) is 6.57. The molecule has 0 bridgehead atoms. The zero-order valence-corrected chi connectivity index (χ0v) is 30.2. The summed E-state index contributed by atoms with van der Waals surface area (Å²) >= 11 is 0. The van der Waals surface area contributed by atoms with Gasteiger partial charge in [-0.15, -0.1) is 0 Å². The third kappa shape index (κ3) is 7.50. The van der Waals surface area contributed by atoms with Gasteiger partial charge in [-0.2, -0.15) is 0 Å². The molecule has 2 aromatic carbocycles. The molecule has 12 heteroatoms. The van der Waals surface area contributed by atoms with Crippen LogP contribution < -0.4 is 10.6 Å². The molecule has 2 fully saturated rings. The Hall–Kier alpha value is -5.13. The van der Waals surface area contributed by atoms with Crippen LogP contribution in [0.5, 0.6) is 0 Å². The first-order valence-corrected chi connectivity index (χ1v) is 18.2. The molecule has 3 atom stereocenters. The van der Waals surface area contributed by atoms with Crippen molar-refractivity contribution < 1.29 is 14.3 Å². The van der Waals surface area contributed by atoms with Gasteiger partial charge in [0.05, 0.1) is 42.4 Å². The summed E-state index contributed by atoms with van der Waals surface area (Å²) in [6, 6.07) is 16.3. The van der Waals surface area contributed by atoms with E-state index in [1.807, 2.05) is 38.1 Å². The number of aromatic amines is 2. The Morgan fingerprint density at radius 2 is 1.31 bits per heavy atom. The first-order valence-electron chi connectivity index (χ1n) is 18.2. The summed E-state index contributed by atoms with van der Waals surface area (Å²) in [7, 11) is 0. The molecule has 51 heavy (non-hydrogen) atoms. The highest BCUT2D eigenvalue weighted by molar-refractivity contribution is 5.90. The standard InChI is InChI=1S/C39H49N9O3/c1-24(2)33(46-37-40-18-19-41-37)36(49)47-20-6-8-31(47)34-42-22-29(44-34)27-14-10-25(11-15-27)26-12-16-28(17-13-26)30-23-43-35(45-30)32-9-7-21-48(32)38(50)51-39(3,4)5/h10-17,22-24,31-33H,6-9,18-21H2,1-5H3,(H,42,44)(H,43,45)(H2,40,41,46)/t31-,32+,33-/m0/s1. The highest BCUT2D eigenvalue weighted by Gasteiger charge is 2.38. The van der Waals surface area contributed by atoms with Crippen LogP contribution >= 0.6 is 0 Å². The van der Waals surface area contributed by atoms with Gasteiger partial charge in [-0.25, -0.2) is 14.8 Å². The number of carbonyl (C=O) groups is 2. The number of amides is 2. The van der Waals surface area contributed by atoms with Crippen LogP contribution in [-0.4, -0.2) is 85.5 Å². The van der Waals surface area contributed by atoms with E-state index in [0.29, 0.717) is 19.0 Å². The molecule has 2 saturated heterocycles. The number of benzene rings is 2. The molecule has 3 aliphatic heterocycles. The zero-order valence-electron chi connectivity index (χ0n) is 30.2. The average Bonchev–Trinajstić information content (AvgIpc) is 3.95. The number of aliphatic imine (C=N–C) groups is 1. The summed E-state index contributed by atoms with van der Waals surface area (Å²) < 4.78 is 5.64. The van der Waals surface area contributed by atoms with Crippen LogP contribution in [0, 0.1) is 5.92 Å². The van der Waals surface area contributed by atoms with Gasteiger partial charge >= 0.3 is 6.09 Å². The van der Waals surface area contributed by atoms with Gasteiger partial charge < -0.3 is 30.2 Å². The fourth-order valence-electron chi connectivity index (χ4n) is 7.23. The van der Waals surface area contributed by atoms with Crippen molar-refractivity contribution in [2.75, 3.05) is 26.2 Å². The number of nitrogens with one attached hydrogen (secondary N) is 4. The summed E-state index contributed by atoms with van der Waals surface area (Å²) in [5.74, 6) is 2.51. The lowest BCUT2D eigenvalue weighted by atomic mass is 10.0. The molecule has 0 aliphatic carbocycles. The Balaban J connectivity index is 0.998. The molecule has 5 heterocycles. The number of hydrogen-bond donors (Lipinski definition) is 4. The molecule has 0 spiro atoms. The van der Waals surface area contributed by atoms with Crippen molar-refractivity contribution in [2.24, 2.45) is 10.9 Å². The van der Waals surface area contributed by atoms with Crippen LogP contribution in [0.2, 0.25) is 0 Å². The normalized spacial score (nSPS) is 19.7. The van der Waals surface area contributed by atoms with E-state index in [1.54, 1.807) is 4.90 Å². The second-order valence-corrected chi connectivity index (χ2v) is 15.1. The van der Waals surface area contributed by atoms with Crippen LogP contribution in [0.4, 0.5) is 4.79 Å². The first kappa shape index (κ1) is 34.3. The molecular weight excluding hydrogens is 642 g/mol. The van der Waals surface area contributed by atoms with E-state index >= 15 is 0 Å². The lowest BCUT2D eigenvalue weighted by Gasteiger charge is -2.30. The maximum atomic E-state index is 13.8. The number of rotatable bonds is 8. The molecule has 0 radical (unpaired) electrons. The molecule has 2 amide bonds. The number of guanidine groups is 1. The summed E-state index contributed by atoms with van der Waals surface area (Å²) in [5.41, 5.74) is 5.58. The maximum absolute atomic E-state index is 13.8. The Kier molecular flexibility index (Phi) is 9.58. The van der Waals surface area contributed by atoms with E-state index in [2.05, 4.69) is 93.0 Å². The van der Waals surface area contributed by atoms with E-state index in [-0.39, 0.29) is 36.0 Å². The number of likely N-dealkylation sites (tertiary alicyclic amines) is 2. The Bertz CT molecular complexity index is 1870. The average molecular weight is 692 g/mol. The fourth-order valence-corrected chi connectivity index (χ4v) is 7.23. The number of aromatic nitrogens is 4. The van der Waals surface area contributed by atoms with Gasteiger partial charge in [-0.05, 0) is 74.6 Å². The number of carbonyl (C=O) groups excluding carboxylic acids is 2. The van der Waals surface area contributed by atoms with Crippen molar-refractivity contribution in [1.29, 1.82) is 0 Å². The lowest BCUT2D eigenvalue weighted by Crippen LogP contribution is -2.53. The van der Waals surface area contributed by atoms with Crippen molar-refractivity contribution in [3.63, 3.8) is 0 Å². The van der Waals surface area contributed by atoms with Gasteiger partial charge in [0.1, 0.15) is 23.3 Å². The summed E-state index contributed by atoms with van der Waals surface area (Å²) in [4.78, 5) is 51.1. The molecule has 0 unspecified atom stereocenters. The summed E-state index contributed by atoms with van der Waals surface area (Å²) in [6.45, 7) is 12.7. The van der Waals surface area contributed by atoms with E-state index in [0.717, 1.165) is 84.1 Å². The van der Waals surface area contributed by atoms with Gasteiger partial charge in [0.2, 0.25) is 5.91 Å². The largest absolute Gasteiger partial charge is 0.444 e. The predicted octanol–water partition coefficient (Wildman–Crippen LogP) is 6.44. The van der Waals surface area contributed by atoms with Gasteiger partial charge in [0.25, 0.3) is 0 Å². The minimum atomic E-state index is -0.539. The van der Waals surface area contributed by atoms with Crippen LogP contribution in [0.25, 0.3) is 33.6 Å². The van der Waals surface area contributed by atoms with Crippen LogP contribution in [0.1, 0.15) is 84.0 Å². The predicted molar refractivity (Wildman–Crippen MR) is 198 cm³/mol. The van der Waals surface area contributed by atoms with E-state index < -0.39 is 5.60 Å². The molecule has 3 aliphatic rings. The SMILES string of the molecule is CC(C)[C@H](NC1=NCCN1)C(=O)N1CCC[C@H]1c1ncc(-c2ccc(-c3ccc(-c4cnc([C@H]5CCCN5C(=O)OC(C)(C)C)[nH]4)cc3)cc2)[nH]1. The Morgan fingerprint density at radius 3 is 1.80 bits per heavy atom. The molecule has 268 valence electrons. The molecule has 7 rings (SSSR count). The third-order valence-electron chi connectivity index (χ3n) is 9.86. The molecule has 4 N–H and O–H groups in total. The van der Waals surface area contributed by atoms with Gasteiger partial charge in [0.15, 0.2) is 5.96 Å². The van der Waals surface area contributed by atoms with Gasteiger partial charge in [-0.3, -0.25) is 14.7 Å². The monoisotopic (exact) mass is 691 g/mol. The van der Waals surface area contributed by atoms with Crippen molar-refractivity contribution >= 4 is 18.0 Å². The fraction of sp³-hybridized carbons (Fsp3) is 0.462. The topological polar surface area (TPSA) is 144 Å². The van der Waals surface area contributed by atoms with E-state index in [4.69, 9.17) is 9.72 Å². The Morgan fingerprint density at radius 1 is 0.804 bits per heavy atom. The molecule has 12 nitrogen and oxygen atoms in total. The van der Waals surface area contributed by atoms with Crippen LogP contribution in [0.15, 0.2) is 65.9 Å². The number of hydrogen-bond acceptors (Lipinski definition) is 8. The molecule has 0 saturated carbocycles. The second-order valence-electron chi connectivity index (χ2n) is 15.1. The minimum absolute atomic E-state index is 0.0846. The number of ether oxygens (including phenoxy) is 1. The highest BCUT2D eigenvalue weighted by Crippen LogP contribution is 2.35. The van der Waals surface area contributed by atoms with Crippen molar-refractivity contribution in [3.8, 4) is 33.6 Å². The van der Waals surface area contributed by atoms with Crippen molar-refractivity contribution in [1.82, 2.24) is 40.4 Å².